The summed E-state index contributed by atoms with van der Waals surface area (Å²) in [5, 5.41) is 0. The Kier molecular flexibility index (Phi) is 4.21. The molecule has 0 amide bonds. The molecule has 2 unspecified atom stereocenters. The molecule has 6 heteroatoms. The van der Waals surface area contributed by atoms with Crippen LogP contribution in [-0.2, 0) is 9.47 Å². The summed E-state index contributed by atoms with van der Waals surface area (Å²) in [6, 6.07) is 0. The van der Waals surface area contributed by atoms with Crippen molar-refractivity contribution in [3.63, 3.8) is 0 Å². The normalized spacial score (nSPS) is 23.3. The lowest BCUT2D eigenvalue weighted by atomic mass is 10.0. The van der Waals surface area contributed by atoms with E-state index >= 15 is 0 Å². The highest BCUT2D eigenvalue weighted by molar-refractivity contribution is 5.59. The average Bonchev–Trinajstić information content (AvgIpc) is 2.81. The van der Waals surface area contributed by atoms with E-state index in [0.29, 0.717) is 5.82 Å². The molecule has 2 atom stereocenters. The topological polar surface area (TPSA) is 73.5 Å². The molecule has 1 aromatic heterocycles. The Morgan fingerprint density at radius 2 is 1.79 bits per heavy atom. The summed E-state index contributed by atoms with van der Waals surface area (Å²) in [6.07, 6.45) is 1.63. The maximum atomic E-state index is 5.98. The first kappa shape index (κ1) is 14.0. The van der Waals surface area contributed by atoms with Gasteiger partial charge in [-0.2, -0.15) is 0 Å². The highest BCUT2D eigenvalue weighted by atomic mass is 16.5. The fourth-order valence-corrected chi connectivity index (χ4v) is 2.58. The van der Waals surface area contributed by atoms with E-state index in [1.165, 1.54) is 6.33 Å². The second-order valence-electron chi connectivity index (χ2n) is 5.10. The Hall–Kier alpha value is -1.40. The van der Waals surface area contributed by atoms with Crippen LogP contribution in [0.4, 0.5) is 11.6 Å². The van der Waals surface area contributed by atoms with Crippen LogP contribution in [0.2, 0.25) is 0 Å². The second-order valence-corrected chi connectivity index (χ2v) is 5.10. The van der Waals surface area contributed by atoms with E-state index in [0.717, 1.165) is 24.5 Å². The van der Waals surface area contributed by atoms with Gasteiger partial charge in [0.05, 0.1) is 0 Å². The molecule has 0 aromatic carbocycles. The molecule has 2 N–H and O–H groups in total. The molecule has 1 aliphatic heterocycles. The van der Waals surface area contributed by atoms with Crippen LogP contribution in [0.5, 0.6) is 0 Å². The molecule has 1 aromatic rings. The Labute approximate surface area is 113 Å². The zero-order valence-electron chi connectivity index (χ0n) is 12.0. The number of methoxy groups -OCH3 is 2. The van der Waals surface area contributed by atoms with Gasteiger partial charge in [-0.05, 0) is 5.92 Å². The van der Waals surface area contributed by atoms with Gasteiger partial charge in [-0.15, -0.1) is 0 Å². The number of ether oxygens (including phenoxy) is 2. The first-order valence-corrected chi connectivity index (χ1v) is 6.49. The van der Waals surface area contributed by atoms with E-state index in [9.17, 15) is 0 Å². The van der Waals surface area contributed by atoms with E-state index in [1.54, 1.807) is 14.2 Å². The molecule has 1 saturated heterocycles. The summed E-state index contributed by atoms with van der Waals surface area (Å²) in [5.41, 5.74) is 6.98. The monoisotopic (exact) mass is 266 g/mol. The van der Waals surface area contributed by atoms with Crippen LogP contribution in [0.1, 0.15) is 25.3 Å². The van der Waals surface area contributed by atoms with Crippen LogP contribution in [0.15, 0.2) is 6.33 Å². The lowest BCUT2D eigenvalue weighted by Gasteiger charge is -2.22. The van der Waals surface area contributed by atoms with Crippen LogP contribution in [0.3, 0.4) is 0 Å². The third kappa shape index (κ3) is 2.64. The molecule has 0 bridgehead atoms. The van der Waals surface area contributed by atoms with Crippen LogP contribution in [-0.4, -0.2) is 49.5 Å². The molecule has 19 heavy (non-hydrogen) atoms. The van der Waals surface area contributed by atoms with E-state index < -0.39 is 0 Å². The molecule has 2 rings (SSSR count). The summed E-state index contributed by atoms with van der Waals surface area (Å²) in [6.45, 7) is 5.70. The van der Waals surface area contributed by atoms with Crippen LogP contribution in [0.25, 0.3) is 0 Å². The van der Waals surface area contributed by atoms with Gasteiger partial charge in [-0.3, -0.25) is 0 Å². The molecule has 0 saturated carbocycles. The largest absolute Gasteiger partial charge is 0.383 e. The zero-order chi connectivity index (χ0) is 14.0. The molecule has 0 spiro atoms. The number of anilines is 2. The minimum atomic E-state index is 0.0567. The number of rotatable bonds is 4. The van der Waals surface area contributed by atoms with Crippen molar-refractivity contribution in [1.29, 1.82) is 0 Å². The number of nitrogen functional groups attached to an aromatic ring is 1. The van der Waals surface area contributed by atoms with Crippen molar-refractivity contribution in [3.8, 4) is 0 Å². The third-order valence-corrected chi connectivity index (χ3v) is 3.59. The fourth-order valence-electron chi connectivity index (χ4n) is 2.58. The number of hydrogen-bond donors (Lipinski definition) is 1. The number of nitrogens with zero attached hydrogens (tertiary/aromatic N) is 3. The van der Waals surface area contributed by atoms with E-state index in [-0.39, 0.29) is 18.1 Å². The van der Waals surface area contributed by atoms with Crippen LogP contribution < -0.4 is 10.6 Å². The van der Waals surface area contributed by atoms with Crippen LogP contribution in [0, 0.1) is 0 Å². The van der Waals surface area contributed by atoms with Crippen molar-refractivity contribution in [2.24, 2.45) is 0 Å². The van der Waals surface area contributed by atoms with Gasteiger partial charge in [-0.1, -0.05) is 13.8 Å². The standard InChI is InChI=1S/C13H22N4O2/c1-8(2)11-12(14)15-7-16-13(11)17-5-9(18-3)10(6-17)19-4/h7-10H,5-6H2,1-4H3,(H2,14,15,16). The van der Waals surface area contributed by atoms with Gasteiger partial charge in [0.15, 0.2) is 0 Å². The van der Waals surface area contributed by atoms with Gasteiger partial charge in [0.2, 0.25) is 0 Å². The van der Waals surface area contributed by atoms with Gasteiger partial charge >= 0.3 is 0 Å². The Morgan fingerprint density at radius 3 is 2.26 bits per heavy atom. The number of nitrogens with two attached hydrogens (primary N) is 1. The van der Waals surface area contributed by atoms with E-state index in [4.69, 9.17) is 15.2 Å². The molecular formula is C13H22N4O2. The molecule has 2 heterocycles. The molecule has 106 valence electrons. The summed E-state index contributed by atoms with van der Waals surface area (Å²) in [7, 11) is 3.41. The van der Waals surface area contributed by atoms with Crippen molar-refractivity contribution < 1.29 is 9.47 Å². The lowest BCUT2D eigenvalue weighted by Crippen LogP contribution is -2.27. The Morgan fingerprint density at radius 1 is 1.21 bits per heavy atom. The molecule has 1 aliphatic rings. The molecule has 0 aliphatic carbocycles. The summed E-state index contributed by atoms with van der Waals surface area (Å²) >= 11 is 0. The van der Waals surface area contributed by atoms with Crippen molar-refractivity contribution in [2.45, 2.75) is 32.0 Å². The van der Waals surface area contributed by atoms with Crippen molar-refractivity contribution in [1.82, 2.24) is 9.97 Å². The van der Waals surface area contributed by atoms with Crippen molar-refractivity contribution in [2.75, 3.05) is 37.9 Å². The summed E-state index contributed by atoms with van der Waals surface area (Å²) < 4.78 is 10.9. The maximum Gasteiger partial charge on any atom is 0.137 e. The maximum absolute atomic E-state index is 5.98. The molecule has 1 fully saturated rings. The van der Waals surface area contributed by atoms with Crippen molar-refractivity contribution in [3.05, 3.63) is 11.9 Å². The van der Waals surface area contributed by atoms with Gasteiger partial charge in [0.25, 0.3) is 0 Å². The number of aromatic nitrogens is 2. The number of hydrogen-bond acceptors (Lipinski definition) is 6. The second kappa shape index (κ2) is 5.71. The molecule has 6 nitrogen and oxygen atoms in total. The van der Waals surface area contributed by atoms with Gasteiger partial charge in [-0.25, -0.2) is 9.97 Å². The Bertz CT molecular complexity index is 427. The quantitative estimate of drug-likeness (QED) is 0.877. The minimum Gasteiger partial charge on any atom is -0.383 e. The van der Waals surface area contributed by atoms with Gasteiger partial charge < -0.3 is 20.1 Å². The summed E-state index contributed by atoms with van der Waals surface area (Å²) in [4.78, 5) is 10.7. The third-order valence-electron chi connectivity index (χ3n) is 3.59. The highest BCUT2D eigenvalue weighted by Gasteiger charge is 2.35. The Balaban J connectivity index is 2.31. The van der Waals surface area contributed by atoms with Crippen LogP contribution >= 0.6 is 0 Å². The van der Waals surface area contributed by atoms with E-state index in [1.807, 2.05) is 0 Å². The van der Waals surface area contributed by atoms with Gasteiger partial charge in [0, 0.05) is 32.9 Å². The fraction of sp³-hybridized carbons (Fsp3) is 0.692. The smallest absolute Gasteiger partial charge is 0.137 e. The first-order valence-electron chi connectivity index (χ1n) is 6.49. The first-order chi connectivity index (χ1) is 9.08. The average molecular weight is 266 g/mol. The summed E-state index contributed by atoms with van der Waals surface area (Å²) in [5.74, 6) is 1.72. The predicted octanol–water partition coefficient (Wildman–Crippen LogP) is 1.03. The van der Waals surface area contributed by atoms with Gasteiger partial charge in [0.1, 0.15) is 30.2 Å². The van der Waals surface area contributed by atoms with Crippen molar-refractivity contribution >= 4 is 11.6 Å². The highest BCUT2D eigenvalue weighted by Crippen LogP contribution is 2.31. The predicted molar refractivity (Wildman–Crippen MR) is 74.3 cm³/mol. The molecule has 0 radical (unpaired) electrons. The SMILES string of the molecule is COC1CN(c2ncnc(N)c2C(C)C)CC1OC. The minimum absolute atomic E-state index is 0.0567. The molecular weight excluding hydrogens is 244 g/mol. The van der Waals surface area contributed by atoms with E-state index in [2.05, 4.69) is 28.7 Å². The lowest BCUT2D eigenvalue weighted by molar-refractivity contribution is -0.00461. The zero-order valence-corrected chi connectivity index (χ0v) is 12.0.